The van der Waals surface area contributed by atoms with Gasteiger partial charge in [-0.1, -0.05) is 43.5 Å². The number of benzene rings is 1. The van der Waals surface area contributed by atoms with Gasteiger partial charge < -0.3 is 5.32 Å². The summed E-state index contributed by atoms with van der Waals surface area (Å²) in [7, 11) is 0. The molecule has 2 aliphatic rings. The lowest BCUT2D eigenvalue weighted by molar-refractivity contribution is 0.327. The van der Waals surface area contributed by atoms with Gasteiger partial charge >= 0.3 is 0 Å². The van der Waals surface area contributed by atoms with E-state index in [4.69, 9.17) is 5.10 Å². The molecule has 1 aliphatic carbocycles. The lowest BCUT2D eigenvalue weighted by Crippen LogP contribution is -2.16. The second-order valence-corrected chi connectivity index (χ2v) is 6.42. The molecule has 4 rings (SSSR count). The van der Waals surface area contributed by atoms with Crippen LogP contribution in [0.15, 0.2) is 36.5 Å². The third kappa shape index (κ3) is 2.62. The van der Waals surface area contributed by atoms with Crippen molar-refractivity contribution in [2.75, 3.05) is 0 Å². The highest BCUT2D eigenvalue weighted by Crippen LogP contribution is 2.29. The molecule has 0 saturated heterocycles. The third-order valence-corrected chi connectivity index (χ3v) is 5.00. The van der Waals surface area contributed by atoms with Crippen molar-refractivity contribution in [3.05, 3.63) is 53.3 Å². The topological polar surface area (TPSA) is 29.9 Å². The fraction of sp³-hybridized carbons (Fsp3) is 0.500. The van der Waals surface area contributed by atoms with Gasteiger partial charge in [-0.05, 0) is 30.0 Å². The van der Waals surface area contributed by atoms with Crippen molar-refractivity contribution < 1.29 is 0 Å². The smallest absolute Gasteiger partial charge is 0.0643 e. The van der Waals surface area contributed by atoms with Crippen molar-refractivity contribution in [1.82, 2.24) is 15.1 Å². The van der Waals surface area contributed by atoms with Gasteiger partial charge in [0.25, 0.3) is 0 Å². The maximum Gasteiger partial charge on any atom is 0.0643 e. The first-order valence-electron chi connectivity index (χ1n) is 8.25. The molecule has 1 saturated carbocycles. The SMILES string of the molecule is c1ccc2c(c1)CNC2Cc1ccn(C2CCCCC2)n1. The van der Waals surface area contributed by atoms with Crippen LogP contribution in [-0.4, -0.2) is 9.78 Å². The summed E-state index contributed by atoms with van der Waals surface area (Å²) in [4.78, 5) is 0. The Hall–Kier alpha value is -1.61. The van der Waals surface area contributed by atoms with E-state index in [0.29, 0.717) is 12.1 Å². The van der Waals surface area contributed by atoms with Crippen LogP contribution in [0.1, 0.15) is 61.0 Å². The van der Waals surface area contributed by atoms with E-state index in [1.807, 2.05) is 0 Å². The fourth-order valence-corrected chi connectivity index (χ4v) is 3.80. The molecule has 0 bridgehead atoms. The first-order chi connectivity index (χ1) is 10.4. The largest absolute Gasteiger partial charge is 0.305 e. The standard InChI is InChI=1S/C18H23N3/c1-2-7-16(8-3-1)21-11-10-15(20-21)12-18-17-9-5-4-6-14(17)13-19-18/h4-6,9-11,16,18-19H,1-3,7-8,12-13H2. The highest BCUT2D eigenvalue weighted by molar-refractivity contribution is 5.34. The van der Waals surface area contributed by atoms with Gasteiger partial charge in [-0.3, -0.25) is 4.68 Å². The van der Waals surface area contributed by atoms with Crippen molar-refractivity contribution in [2.45, 2.75) is 57.2 Å². The molecule has 1 N–H and O–H groups in total. The molecule has 0 spiro atoms. The average Bonchev–Trinajstić information content (AvgIpc) is 3.17. The molecule has 1 aromatic heterocycles. The van der Waals surface area contributed by atoms with Crippen molar-refractivity contribution >= 4 is 0 Å². The van der Waals surface area contributed by atoms with E-state index in [-0.39, 0.29) is 0 Å². The van der Waals surface area contributed by atoms with E-state index in [2.05, 4.69) is 46.5 Å². The number of hydrogen-bond acceptors (Lipinski definition) is 2. The second kappa shape index (κ2) is 5.64. The molecular weight excluding hydrogens is 258 g/mol. The van der Waals surface area contributed by atoms with Crippen LogP contribution < -0.4 is 5.32 Å². The summed E-state index contributed by atoms with van der Waals surface area (Å²) in [5.41, 5.74) is 4.11. The maximum atomic E-state index is 4.85. The summed E-state index contributed by atoms with van der Waals surface area (Å²) >= 11 is 0. The zero-order valence-corrected chi connectivity index (χ0v) is 12.5. The van der Waals surface area contributed by atoms with Crippen molar-refractivity contribution in [3.8, 4) is 0 Å². The van der Waals surface area contributed by atoms with E-state index in [0.717, 1.165) is 13.0 Å². The summed E-state index contributed by atoms with van der Waals surface area (Å²) in [6.07, 6.45) is 9.89. The molecular formula is C18H23N3. The number of rotatable bonds is 3. The molecule has 21 heavy (non-hydrogen) atoms. The van der Waals surface area contributed by atoms with Gasteiger partial charge in [0.2, 0.25) is 0 Å². The first kappa shape index (κ1) is 13.1. The van der Waals surface area contributed by atoms with Crippen molar-refractivity contribution in [2.24, 2.45) is 0 Å². The van der Waals surface area contributed by atoms with Crippen molar-refractivity contribution in [1.29, 1.82) is 0 Å². The molecule has 1 unspecified atom stereocenters. The number of nitrogens with zero attached hydrogens (tertiary/aromatic N) is 2. The van der Waals surface area contributed by atoms with Crippen LogP contribution in [0, 0.1) is 0 Å². The third-order valence-electron chi connectivity index (χ3n) is 5.00. The Bertz CT molecular complexity index is 610. The minimum atomic E-state index is 0.427. The molecule has 1 aliphatic heterocycles. The molecule has 1 aromatic carbocycles. The zero-order chi connectivity index (χ0) is 14.1. The van der Waals surface area contributed by atoms with E-state index < -0.39 is 0 Å². The summed E-state index contributed by atoms with van der Waals surface area (Å²) < 4.78 is 2.22. The molecule has 0 radical (unpaired) electrons. The van der Waals surface area contributed by atoms with Crippen LogP contribution in [0.4, 0.5) is 0 Å². The normalized spacial score (nSPS) is 22.4. The van der Waals surface area contributed by atoms with Crippen LogP contribution in [-0.2, 0) is 13.0 Å². The molecule has 2 heterocycles. The minimum Gasteiger partial charge on any atom is -0.305 e. The van der Waals surface area contributed by atoms with Crippen LogP contribution in [0.2, 0.25) is 0 Å². The van der Waals surface area contributed by atoms with E-state index >= 15 is 0 Å². The van der Waals surface area contributed by atoms with Crippen molar-refractivity contribution in [3.63, 3.8) is 0 Å². The molecule has 110 valence electrons. The van der Waals surface area contributed by atoms with Gasteiger partial charge in [0.1, 0.15) is 0 Å². The molecule has 2 aromatic rings. The summed E-state index contributed by atoms with van der Waals surface area (Å²) in [5.74, 6) is 0. The van der Waals surface area contributed by atoms with Gasteiger partial charge in [-0.15, -0.1) is 0 Å². The second-order valence-electron chi connectivity index (χ2n) is 6.42. The molecule has 1 atom stereocenters. The maximum absolute atomic E-state index is 4.85. The number of hydrogen-bond donors (Lipinski definition) is 1. The molecule has 3 heteroatoms. The molecule has 3 nitrogen and oxygen atoms in total. The highest BCUT2D eigenvalue weighted by atomic mass is 15.3. The van der Waals surface area contributed by atoms with Gasteiger partial charge in [-0.2, -0.15) is 5.10 Å². The monoisotopic (exact) mass is 281 g/mol. The Balaban J connectivity index is 1.47. The highest BCUT2D eigenvalue weighted by Gasteiger charge is 2.23. The Kier molecular flexibility index (Phi) is 3.52. The van der Waals surface area contributed by atoms with Gasteiger partial charge in [0.05, 0.1) is 11.7 Å². The average molecular weight is 281 g/mol. The Labute approximate surface area is 126 Å². The molecule has 0 amide bonds. The van der Waals surface area contributed by atoms with E-state index in [1.54, 1.807) is 0 Å². The lowest BCUT2D eigenvalue weighted by Gasteiger charge is -2.21. The summed E-state index contributed by atoms with van der Waals surface area (Å²) in [6, 6.07) is 12.0. The quantitative estimate of drug-likeness (QED) is 0.928. The predicted octanol–water partition coefficient (Wildman–Crippen LogP) is 3.78. The lowest BCUT2D eigenvalue weighted by atomic mass is 9.96. The number of aromatic nitrogens is 2. The first-order valence-corrected chi connectivity index (χ1v) is 8.25. The van der Waals surface area contributed by atoms with E-state index in [1.165, 1.54) is 48.9 Å². The van der Waals surface area contributed by atoms with Crippen LogP contribution in [0.3, 0.4) is 0 Å². The Morgan fingerprint density at radius 1 is 1.10 bits per heavy atom. The minimum absolute atomic E-state index is 0.427. The Morgan fingerprint density at radius 2 is 1.95 bits per heavy atom. The summed E-state index contributed by atoms with van der Waals surface area (Å²) in [6.45, 7) is 0.990. The van der Waals surface area contributed by atoms with E-state index in [9.17, 15) is 0 Å². The predicted molar refractivity (Wildman–Crippen MR) is 84.1 cm³/mol. The fourth-order valence-electron chi connectivity index (χ4n) is 3.80. The van der Waals surface area contributed by atoms with Gasteiger partial charge in [0, 0.05) is 25.2 Å². The van der Waals surface area contributed by atoms with Crippen LogP contribution in [0.5, 0.6) is 0 Å². The number of fused-ring (bicyclic) bond motifs is 1. The van der Waals surface area contributed by atoms with Crippen LogP contribution in [0.25, 0.3) is 0 Å². The van der Waals surface area contributed by atoms with Gasteiger partial charge in [-0.25, -0.2) is 0 Å². The Morgan fingerprint density at radius 3 is 2.86 bits per heavy atom. The van der Waals surface area contributed by atoms with Crippen LogP contribution >= 0.6 is 0 Å². The zero-order valence-electron chi connectivity index (χ0n) is 12.5. The molecule has 1 fully saturated rings. The summed E-state index contributed by atoms with van der Waals surface area (Å²) in [5, 5.41) is 8.46. The van der Waals surface area contributed by atoms with Gasteiger partial charge in [0.15, 0.2) is 0 Å². The number of nitrogens with one attached hydrogen (secondary N) is 1.